The van der Waals surface area contributed by atoms with Gasteiger partial charge in [-0.05, 0) is 47.6 Å². The van der Waals surface area contributed by atoms with E-state index in [1.54, 1.807) is 4.52 Å². The molecule has 0 aliphatic heterocycles. The molecule has 0 N–H and O–H groups in total. The quantitative estimate of drug-likeness (QED) is 0.625. The molecular weight excluding hydrogens is 343 g/mol. The zero-order valence-electron chi connectivity index (χ0n) is 10.6. The molecule has 0 amide bonds. The molecule has 0 fully saturated rings. The molecular formula is C13H15IN2O2. The number of fused-ring (bicyclic) bond motifs is 1. The number of ether oxygens (including phenoxy) is 1. The van der Waals surface area contributed by atoms with Crippen LogP contribution in [-0.2, 0) is 4.74 Å². The van der Waals surface area contributed by atoms with Crippen molar-refractivity contribution in [2.45, 2.75) is 26.7 Å². The summed E-state index contributed by atoms with van der Waals surface area (Å²) in [5.41, 5.74) is 2.19. The van der Waals surface area contributed by atoms with Gasteiger partial charge in [0.2, 0.25) is 0 Å². The smallest absolute Gasteiger partial charge is 0.342 e. The summed E-state index contributed by atoms with van der Waals surface area (Å²) in [5, 5.41) is 4.47. The van der Waals surface area contributed by atoms with Gasteiger partial charge in [0, 0.05) is 9.77 Å². The largest absolute Gasteiger partial charge is 0.462 e. The van der Waals surface area contributed by atoms with E-state index in [4.69, 9.17) is 4.74 Å². The van der Waals surface area contributed by atoms with Crippen LogP contribution in [0.5, 0.6) is 0 Å². The molecule has 0 saturated heterocycles. The van der Waals surface area contributed by atoms with Crippen LogP contribution < -0.4 is 0 Å². The summed E-state index contributed by atoms with van der Waals surface area (Å²) >= 11 is 2.22. The third kappa shape index (κ3) is 2.36. The molecule has 0 radical (unpaired) electrons. The normalized spacial score (nSPS) is 11.2. The van der Waals surface area contributed by atoms with E-state index in [9.17, 15) is 4.79 Å². The molecule has 2 aromatic rings. The lowest BCUT2D eigenvalue weighted by molar-refractivity contribution is 0.0527. The van der Waals surface area contributed by atoms with Crippen molar-refractivity contribution in [1.29, 1.82) is 0 Å². The number of nitrogens with zero attached hydrogens (tertiary/aromatic N) is 2. The first-order valence-corrected chi connectivity index (χ1v) is 6.97. The van der Waals surface area contributed by atoms with Crippen LogP contribution in [0.25, 0.3) is 5.52 Å². The number of rotatable bonds is 3. The third-order valence-electron chi connectivity index (χ3n) is 2.65. The Morgan fingerprint density at radius 2 is 2.28 bits per heavy atom. The van der Waals surface area contributed by atoms with Gasteiger partial charge in [0.05, 0.1) is 17.8 Å². The average molecular weight is 358 g/mol. The van der Waals surface area contributed by atoms with Gasteiger partial charge in [-0.15, -0.1) is 0 Å². The molecule has 2 aromatic heterocycles. The summed E-state index contributed by atoms with van der Waals surface area (Å²) < 4.78 is 7.94. The third-order valence-corrected chi connectivity index (χ3v) is 3.32. The van der Waals surface area contributed by atoms with Gasteiger partial charge >= 0.3 is 5.97 Å². The lowest BCUT2D eigenvalue weighted by atomic mass is 10.0. The number of carbonyl (C=O) groups is 1. The Hall–Kier alpha value is -1.11. The topological polar surface area (TPSA) is 43.6 Å². The second kappa shape index (κ2) is 5.26. The van der Waals surface area contributed by atoms with Gasteiger partial charge in [-0.1, -0.05) is 13.8 Å². The molecule has 0 atom stereocenters. The molecule has 4 nitrogen and oxygen atoms in total. The van der Waals surface area contributed by atoms with Gasteiger partial charge in [0.1, 0.15) is 5.56 Å². The van der Waals surface area contributed by atoms with Crippen molar-refractivity contribution in [2.75, 3.05) is 6.61 Å². The molecule has 0 saturated carbocycles. The first-order chi connectivity index (χ1) is 8.54. The number of esters is 1. The number of pyridine rings is 1. The lowest BCUT2D eigenvalue weighted by Crippen LogP contribution is -2.08. The number of halogens is 1. The highest BCUT2D eigenvalue weighted by molar-refractivity contribution is 14.1. The average Bonchev–Trinajstić information content (AvgIpc) is 2.67. The van der Waals surface area contributed by atoms with Crippen LogP contribution in [-0.4, -0.2) is 22.2 Å². The van der Waals surface area contributed by atoms with Gasteiger partial charge in [-0.2, -0.15) is 5.10 Å². The summed E-state index contributed by atoms with van der Waals surface area (Å²) in [6, 6.07) is 3.91. The second-order valence-electron chi connectivity index (χ2n) is 4.31. The molecule has 0 aliphatic rings. The number of hydrogen-bond donors (Lipinski definition) is 0. The summed E-state index contributed by atoms with van der Waals surface area (Å²) in [7, 11) is 0. The van der Waals surface area contributed by atoms with Crippen LogP contribution in [0, 0.1) is 3.57 Å². The fraction of sp³-hybridized carbons (Fsp3) is 0.385. The maximum Gasteiger partial charge on any atom is 0.342 e. The number of carbonyl (C=O) groups excluding carboxylic acids is 1. The molecule has 0 aromatic carbocycles. The van der Waals surface area contributed by atoms with Gasteiger partial charge in [0.15, 0.2) is 0 Å². The molecule has 5 heteroatoms. The molecule has 0 aliphatic carbocycles. The molecule has 0 spiro atoms. The standard InChI is InChI=1S/C13H15IN2O2/c1-4-18-13(17)11-10-7-9(14)5-6-16(10)15-12(11)8(2)3/h5-8H,4H2,1-3H3. The minimum atomic E-state index is -0.293. The Balaban J connectivity index is 2.68. The first kappa shape index (κ1) is 13.3. The van der Waals surface area contributed by atoms with E-state index in [1.165, 1.54) is 0 Å². The van der Waals surface area contributed by atoms with Crippen molar-refractivity contribution in [3.8, 4) is 0 Å². The molecule has 96 valence electrons. The highest BCUT2D eigenvalue weighted by Gasteiger charge is 2.22. The predicted octanol–water partition coefficient (Wildman–Crippen LogP) is 3.24. The van der Waals surface area contributed by atoms with Crippen molar-refractivity contribution in [3.05, 3.63) is 33.2 Å². The SMILES string of the molecule is CCOC(=O)c1c(C(C)C)nn2ccc(I)cc12. The van der Waals surface area contributed by atoms with E-state index in [1.807, 2.05) is 39.1 Å². The highest BCUT2D eigenvalue weighted by atomic mass is 127. The summed E-state index contributed by atoms with van der Waals surface area (Å²) in [6.45, 7) is 6.23. The first-order valence-electron chi connectivity index (χ1n) is 5.89. The molecule has 0 bridgehead atoms. The van der Waals surface area contributed by atoms with E-state index in [-0.39, 0.29) is 11.9 Å². The van der Waals surface area contributed by atoms with Crippen LogP contribution in [0.4, 0.5) is 0 Å². The van der Waals surface area contributed by atoms with E-state index >= 15 is 0 Å². The molecule has 18 heavy (non-hydrogen) atoms. The van der Waals surface area contributed by atoms with Crippen molar-refractivity contribution < 1.29 is 9.53 Å². The lowest BCUT2D eigenvalue weighted by Gasteiger charge is -2.05. The van der Waals surface area contributed by atoms with Gasteiger partial charge < -0.3 is 4.74 Å². The van der Waals surface area contributed by atoms with Crippen LogP contribution in [0.2, 0.25) is 0 Å². The number of hydrogen-bond acceptors (Lipinski definition) is 3. The minimum Gasteiger partial charge on any atom is -0.462 e. The van der Waals surface area contributed by atoms with Crippen LogP contribution >= 0.6 is 22.6 Å². The molecule has 0 unspecified atom stereocenters. The van der Waals surface area contributed by atoms with E-state index in [0.29, 0.717) is 12.2 Å². The highest BCUT2D eigenvalue weighted by Crippen LogP contribution is 2.24. The molecule has 2 heterocycles. The van der Waals surface area contributed by atoms with Crippen molar-refractivity contribution in [2.24, 2.45) is 0 Å². The Morgan fingerprint density at radius 1 is 1.56 bits per heavy atom. The zero-order valence-corrected chi connectivity index (χ0v) is 12.8. The van der Waals surface area contributed by atoms with Gasteiger partial charge in [-0.3, -0.25) is 0 Å². The summed E-state index contributed by atoms with van der Waals surface area (Å²) in [6.07, 6.45) is 1.87. The molecule has 2 rings (SSSR count). The Labute approximate surface area is 119 Å². The van der Waals surface area contributed by atoms with Gasteiger partial charge in [0.25, 0.3) is 0 Å². The van der Waals surface area contributed by atoms with Crippen LogP contribution in [0.3, 0.4) is 0 Å². The van der Waals surface area contributed by atoms with Gasteiger partial charge in [-0.25, -0.2) is 9.31 Å². The number of aromatic nitrogens is 2. The second-order valence-corrected chi connectivity index (χ2v) is 5.56. The van der Waals surface area contributed by atoms with Crippen molar-refractivity contribution in [3.63, 3.8) is 0 Å². The van der Waals surface area contributed by atoms with Crippen LogP contribution in [0.1, 0.15) is 42.7 Å². The zero-order chi connectivity index (χ0) is 13.3. The predicted molar refractivity (Wildman–Crippen MR) is 78.0 cm³/mol. The van der Waals surface area contributed by atoms with E-state index in [2.05, 4.69) is 27.7 Å². The van der Waals surface area contributed by atoms with Crippen molar-refractivity contribution in [1.82, 2.24) is 9.61 Å². The Bertz CT molecular complexity index is 590. The maximum atomic E-state index is 12.1. The fourth-order valence-electron chi connectivity index (χ4n) is 1.85. The fourth-order valence-corrected chi connectivity index (χ4v) is 2.31. The summed E-state index contributed by atoms with van der Waals surface area (Å²) in [4.78, 5) is 12.1. The van der Waals surface area contributed by atoms with Crippen molar-refractivity contribution >= 4 is 34.1 Å². The van der Waals surface area contributed by atoms with E-state index in [0.717, 1.165) is 14.8 Å². The Kier molecular flexibility index (Phi) is 3.89. The van der Waals surface area contributed by atoms with E-state index < -0.39 is 0 Å². The van der Waals surface area contributed by atoms with Crippen LogP contribution in [0.15, 0.2) is 18.3 Å². The maximum absolute atomic E-state index is 12.1. The summed E-state index contributed by atoms with van der Waals surface area (Å²) in [5.74, 6) is -0.111. The minimum absolute atomic E-state index is 0.182. The monoisotopic (exact) mass is 358 g/mol. The Morgan fingerprint density at radius 3 is 2.89 bits per heavy atom.